The van der Waals surface area contributed by atoms with Crippen LogP contribution in [0.5, 0.6) is 0 Å². The minimum absolute atomic E-state index is 0.196. The van der Waals surface area contributed by atoms with Crippen LogP contribution in [0.2, 0.25) is 18.1 Å². The van der Waals surface area contributed by atoms with E-state index in [1.165, 1.54) is 0 Å². The van der Waals surface area contributed by atoms with Crippen molar-refractivity contribution >= 4 is 19.9 Å². The van der Waals surface area contributed by atoms with E-state index in [-0.39, 0.29) is 16.3 Å². The lowest BCUT2D eigenvalue weighted by Gasteiger charge is -2.40. The van der Waals surface area contributed by atoms with Gasteiger partial charge in [-0.05, 0) is 31.0 Å². The number of aliphatic hydroxyl groups excluding tert-OH is 1. The molecular formula is C16H29ClO2Si. The van der Waals surface area contributed by atoms with Gasteiger partial charge in [-0.1, -0.05) is 45.1 Å². The van der Waals surface area contributed by atoms with Crippen molar-refractivity contribution in [1.29, 1.82) is 0 Å². The first-order valence-electron chi connectivity index (χ1n) is 7.35. The van der Waals surface area contributed by atoms with Crippen LogP contribution in [0.1, 0.15) is 33.6 Å². The lowest BCUT2D eigenvalue weighted by atomic mass is 9.80. The molecule has 0 bridgehead atoms. The summed E-state index contributed by atoms with van der Waals surface area (Å²) in [6.45, 7) is 11.9. The molecule has 0 saturated carbocycles. The molecule has 0 radical (unpaired) electrons. The van der Waals surface area contributed by atoms with Gasteiger partial charge in [-0.25, -0.2) is 0 Å². The van der Waals surface area contributed by atoms with Crippen LogP contribution in [0, 0.1) is 5.41 Å². The molecule has 1 aliphatic rings. The third-order valence-corrected chi connectivity index (χ3v) is 9.31. The highest BCUT2D eigenvalue weighted by atomic mass is 35.5. The van der Waals surface area contributed by atoms with Crippen LogP contribution < -0.4 is 0 Å². The fourth-order valence-electron chi connectivity index (χ4n) is 2.06. The standard InChI is InChI=1S/C16H29ClO2Si/c1-15(2,3)20(4,5)19-13-16(11-14(18)12-17)9-7-6-8-10-16/h7-10,14,18H,6,11-13H2,1-5H3. The number of aliphatic hydroxyl groups is 1. The van der Waals surface area contributed by atoms with Crippen molar-refractivity contribution < 1.29 is 9.53 Å². The van der Waals surface area contributed by atoms with E-state index in [4.69, 9.17) is 16.0 Å². The second-order valence-electron chi connectivity index (χ2n) is 7.33. The molecule has 1 unspecified atom stereocenters. The molecule has 0 aromatic rings. The fraction of sp³-hybridized carbons (Fsp3) is 0.750. The van der Waals surface area contributed by atoms with Crippen LogP contribution in [0.25, 0.3) is 0 Å². The molecule has 1 atom stereocenters. The molecule has 0 amide bonds. The third kappa shape index (κ3) is 4.73. The van der Waals surface area contributed by atoms with Gasteiger partial charge in [-0.2, -0.15) is 0 Å². The van der Waals surface area contributed by atoms with Crippen LogP contribution in [0.15, 0.2) is 24.3 Å². The SMILES string of the molecule is CC(C)(C)[Si](C)(C)OCC1(CC(O)CCl)C=CCC=C1. The van der Waals surface area contributed by atoms with Gasteiger partial charge < -0.3 is 9.53 Å². The molecule has 0 fully saturated rings. The van der Waals surface area contributed by atoms with Crippen LogP contribution in [-0.4, -0.2) is 32.0 Å². The molecule has 0 heterocycles. The van der Waals surface area contributed by atoms with Crippen molar-refractivity contribution in [2.75, 3.05) is 12.5 Å². The quantitative estimate of drug-likeness (QED) is 0.444. The summed E-state index contributed by atoms with van der Waals surface area (Å²) in [6, 6.07) is 0. The van der Waals surface area contributed by atoms with Crippen molar-refractivity contribution in [1.82, 2.24) is 0 Å². The van der Waals surface area contributed by atoms with E-state index in [9.17, 15) is 5.11 Å². The van der Waals surface area contributed by atoms with E-state index < -0.39 is 14.4 Å². The first kappa shape index (κ1) is 18.0. The normalized spacial score (nSPS) is 20.1. The second kappa shape index (κ2) is 6.78. The predicted octanol–water partition coefficient (Wildman–Crippen LogP) is 4.50. The van der Waals surface area contributed by atoms with E-state index in [0.29, 0.717) is 13.0 Å². The Morgan fingerprint density at radius 1 is 1.30 bits per heavy atom. The maximum absolute atomic E-state index is 9.92. The molecule has 1 N–H and O–H groups in total. The van der Waals surface area contributed by atoms with Gasteiger partial charge in [0.1, 0.15) is 0 Å². The average molecular weight is 317 g/mol. The van der Waals surface area contributed by atoms with Crippen molar-refractivity contribution in [2.45, 2.75) is 57.8 Å². The monoisotopic (exact) mass is 316 g/mol. The van der Waals surface area contributed by atoms with E-state index in [1.54, 1.807) is 0 Å². The van der Waals surface area contributed by atoms with Crippen molar-refractivity contribution in [3.63, 3.8) is 0 Å². The average Bonchev–Trinajstić information content (AvgIpc) is 2.36. The summed E-state index contributed by atoms with van der Waals surface area (Å²) in [6.07, 6.45) is 9.74. The molecule has 2 nitrogen and oxygen atoms in total. The Kier molecular flexibility index (Phi) is 6.09. The van der Waals surface area contributed by atoms with Crippen molar-refractivity contribution in [3.8, 4) is 0 Å². The lowest BCUT2D eigenvalue weighted by Crippen LogP contribution is -2.44. The fourth-order valence-corrected chi connectivity index (χ4v) is 3.23. The maximum Gasteiger partial charge on any atom is 0.192 e. The van der Waals surface area contributed by atoms with Crippen LogP contribution in [0.3, 0.4) is 0 Å². The summed E-state index contributed by atoms with van der Waals surface area (Å²) in [5, 5.41) is 10.1. The van der Waals surface area contributed by atoms with Gasteiger partial charge in [0.05, 0.1) is 6.10 Å². The summed E-state index contributed by atoms with van der Waals surface area (Å²) in [5.74, 6) is 0.267. The molecule has 20 heavy (non-hydrogen) atoms. The molecule has 0 aromatic carbocycles. The van der Waals surface area contributed by atoms with Gasteiger partial charge in [0.15, 0.2) is 8.32 Å². The van der Waals surface area contributed by atoms with Crippen molar-refractivity contribution in [3.05, 3.63) is 24.3 Å². The number of alkyl halides is 1. The zero-order valence-electron chi connectivity index (χ0n) is 13.4. The zero-order valence-corrected chi connectivity index (χ0v) is 15.2. The Morgan fingerprint density at radius 2 is 1.85 bits per heavy atom. The van der Waals surface area contributed by atoms with Gasteiger partial charge in [0.25, 0.3) is 0 Å². The maximum atomic E-state index is 9.92. The van der Waals surface area contributed by atoms with Gasteiger partial charge in [0, 0.05) is 17.9 Å². The van der Waals surface area contributed by atoms with Crippen LogP contribution in [0.4, 0.5) is 0 Å². The van der Waals surface area contributed by atoms with E-state index in [1.807, 2.05) is 0 Å². The van der Waals surface area contributed by atoms with E-state index >= 15 is 0 Å². The number of halogens is 1. The summed E-state index contributed by atoms with van der Waals surface area (Å²) in [7, 11) is -1.78. The van der Waals surface area contributed by atoms with Crippen LogP contribution >= 0.6 is 11.6 Å². The zero-order chi connectivity index (χ0) is 15.4. The molecular weight excluding hydrogens is 288 g/mol. The molecule has 0 aromatic heterocycles. The summed E-state index contributed by atoms with van der Waals surface area (Å²) in [4.78, 5) is 0. The minimum Gasteiger partial charge on any atom is -0.416 e. The Morgan fingerprint density at radius 3 is 2.30 bits per heavy atom. The highest BCUT2D eigenvalue weighted by Gasteiger charge is 2.39. The lowest BCUT2D eigenvalue weighted by molar-refractivity contribution is 0.119. The molecule has 0 saturated heterocycles. The van der Waals surface area contributed by atoms with Crippen LogP contribution in [-0.2, 0) is 4.43 Å². The molecule has 116 valence electrons. The smallest absolute Gasteiger partial charge is 0.192 e. The highest BCUT2D eigenvalue weighted by Crippen LogP contribution is 2.39. The molecule has 1 aliphatic carbocycles. The molecule has 1 rings (SSSR count). The number of hydrogen-bond acceptors (Lipinski definition) is 2. The first-order valence-corrected chi connectivity index (χ1v) is 10.8. The number of hydrogen-bond donors (Lipinski definition) is 1. The number of rotatable bonds is 6. The first-order chi connectivity index (χ1) is 9.12. The topological polar surface area (TPSA) is 29.5 Å². The Hall–Kier alpha value is -0.0931. The van der Waals surface area contributed by atoms with Gasteiger partial charge in [-0.15, -0.1) is 11.6 Å². The largest absolute Gasteiger partial charge is 0.416 e. The molecule has 0 spiro atoms. The Balaban J connectivity index is 2.79. The van der Waals surface area contributed by atoms with Crippen molar-refractivity contribution in [2.24, 2.45) is 5.41 Å². The highest BCUT2D eigenvalue weighted by molar-refractivity contribution is 6.74. The van der Waals surface area contributed by atoms with E-state index in [2.05, 4.69) is 58.2 Å². The van der Waals surface area contributed by atoms with Gasteiger partial charge in [0.2, 0.25) is 0 Å². The number of allylic oxidation sites excluding steroid dienone is 2. The van der Waals surface area contributed by atoms with Gasteiger partial charge in [-0.3, -0.25) is 0 Å². The summed E-state index contributed by atoms with van der Waals surface area (Å²) >= 11 is 5.77. The second-order valence-corrected chi connectivity index (χ2v) is 12.5. The summed E-state index contributed by atoms with van der Waals surface area (Å²) < 4.78 is 6.36. The van der Waals surface area contributed by atoms with Gasteiger partial charge >= 0.3 is 0 Å². The minimum atomic E-state index is -1.78. The Labute approximate surface area is 130 Å². The predicted molar refractivity (Wildman–Crippen MR) is 89.8 cm³/mol. The third-order valence-electron chi connectivity index (χ3n) is 4.47. The van der Waals surface area contributed by atoms with E-state index in [0.717, 1.165) is 6.42 Å². The molecule has 0 aliphatic heterocycles. The summed E-state index contributed by atoms with van der Waals surface area (Å²) in [5.41, 5.74) is -0.206. The Bertz CT molecular complexity index is 357. The molecule has 4 heteroatoms.